The van der Waals surface area contributed by atoms with Crippen LogP contribution in [0.5, 0.6) is 5.75 Å². The molecule has 3 nitrogen and oxygen atoms in total. The van der Waals surface area contributed by atoms with Crippen LogP contribution < -0.4 is 10.5 Å². The zero-order valence-electron chi connectivity index (χ0n) is 10.7. The lowest BCUT2D eigenvalue weighted by molar-refractivity contribution is 0.0971. The Morgan fingerprint density at radius 3 is 2.33 bits per heavy atom. The van der Waals surface area contributed by atoms with Gasteiger partial charge >= 0.3 is 0 Å². The Kier molecular flexibility index (Phi) is 8.43. The molecule has 2 N–H and O–H groups in total. The molecule has 0 aliphatic heterocycles. The second-order valence-corrected chi connectivity index (χ2v) is 4.51. The van der Waals surface area contributed by atoms with Crippen molar-refractivity contribution in [3.63, 3.8) is 0 Å². The van der Waals surface area contributed by atoms with E-state index in [4.69, 9.17) is 26.8 Å². The maximum absolute atomic E-state index is 5.60. The molecule has 1 aromatic rings. The van der Waals surface area contributed by atoms with Crippen molar-refractivity contribution < 1.29 is 9.47 Å². The van der Waals surface area contributed by atoms with Crippen molar-refractivity contribution in [2.24, 2.45) is 0 Å². The smallest absolute Gasteiger partial charge is 0.119 e. The minimum atomic E-state index is 0.575. The normalized spacial score (nSPS) is 10.5. The fraction of sp³-hybridized carbons (Fsp3) is 0.571. The van der Waals surface area contributed by atoms with Crippen molar-refractivity contribution in [3.8, 4) is 5.75 Å². The Bertz CT molecular complexity index is 303. The number of ether oxygens (including phenoxy) is 2. The maximum atomic E-state index is 5.60. The van der Waals surface area contributed by atoms with Crippen LogP contribution in [0.4, 0.5) is 5.69 Å². The molecule has 0 spiro atoms. The quantitative estimate of drug-likeness (QED) is 0.403. The van der Waals surface area contributed by atoms with Gasteiger partial charge in [-0.2, -0.15) is 0 Å². The van der Waals surface area contributed by atoms with Crippen molar-refractivity contribution in [1.82, 2.24) is 0 Å². The summed E-state index contributed by atoms with van der Waals surface area (Å²) in [5, 5.41) is 0. The summed E-state index contributed by atoms with van der Waals surface area (Å²) < 4.78 is 11.0. The highest BCUT2D eigenvalue weighted by atomic mass is 35.5. The summed E-state index contributed by atoms with van der Waals surface area (Å²) in [5.74, 6) is 1.59. The SMILES string of the molecule is Nc1ccc(OCCOCCCCCCCl)cc1. The molecule has 0 aliphatic carbocycles. The summed E-state index contributed by atoms with van der Waals surface area (Å²) in [7, 11) is 0. The van der Waals surface area contributed by atoms with E-state index in [0.717, 1.165) is 36.8 Å². The molecular formula is C14H22ClNO2. The molecule has 4 heteroatoms. The molecule has 0 saturated carbocycles. The number of nitrogens with two attached hydrogens (primary N) is 1. The molecule has 102 valence electrons. The number of anilines is 1. The zero-order chi connectivity index (χ0) is 13.1. The van der Waals surface area contributed by atoms with E-state index in [1.807, 2.05) is 24.3 Å². The lowest BCUT2D eigenvalue weighted by atomic mass is 10.2. The first-order valence-electron chi connectivity index (χ1n) is 6.45. The van der Waals surface area contributed by atoms with Crippen molar-refractivity contribution in [2.75, 3.05) is 31.4 Å². The molecule has 1 aromatic carbocycles. The van der Waals surface area contributed by atoms with Crippen molar-refractivity contribution in [1.29, 1.82) is 0 Å². The molecule has 0 amide bonds. The first-order chi connectivity index (χ1) is 8.83. The van der Waals surface area contributed by atoms with Crippen molar-refractivity contribution in [2.45, 2.75) is 25.7 Å². The van der Waals surface area contributed by atoms with Crippen LogP contribution in [0.2, 0.25) is 0 Å². The molecule has 0 heterocycles. The van der Waals surface area contributed by atoms with Gasteiger partial charge < -0.3 is 15.2 Å². The number of hydrogen-bond donors (Lipinski definition) is 1. The van der Waals surface area contributed by atoms with Crippen LogP contribution in [0.25, 0.3) is 0 Å². The molecule has 0 aliphatic rings. The lowest BCUT2D eigenvalue weighted by Crippen LogP contribution is -2.07. The van der Waals surface area contributed by atoms with E-state index >= 15 is 0 Å². The highest BCUT2D eigenvalue weighted by Crippen LogP contribution is 2.12. The predicted octanol–water partition coefficient (Wildman–Crippen LogP) is 3.46. The second kappa shape index (κ2) is 10.0. The van der Waals surface area contributed by atoms with Gasteiger partial charge in [0, 0.05) is 18.2 Å². The summed E-state index contributed by atoms with van der Waals surface area (Å²) in [6.45, 7) is 2.00. The number of rotatable bonds is 10. The van der Waals surface area contributed by atoms with E-state index in [2.05, 4.69) is 0 Å². The molecule has 0 atom stereocenters. The van der Waals surface area contributed by atoms with Gasteiger partial charge in [0.15, 0.2) is 0 Å². The first-order valence-corrected chi connectivity index (χ1v) is 6.98. The van der Waals surface area contributed by atoms with Crippen LogP contribution >= 0.6 is 11.6 Å². The van der Waals surface area contributed by atoms with Crippen LogP contribution in [-0.4, -0.2) is 25.7 Å². The summed E-state index contributed by atoms with van der Waals surface area (Å²) in [4.78, 5) is 0. The van der Waals surface area contributed by atoms with Crippen LogP contribution in [0, 0.1) is 0 Å². The molecule has 0 unspecified atom stereocenters. The molecule has 0 bridgehead atoms. The van der Waals surface area contributed by atoms with Gasteiger partial charge in [0.1, 0.15) is 12.4 Å². The highest BCUT2D eigenvalue weighted by molar-refractivity contribution is 6.17. The van der Waals surface area contributed by atoms with Gasteiger partial charge in [-0.1, -0.05) is 12.8 Å². The third-order valence-electron chi connectivity index (χ3n) is 2.55. The fourth-order valence-corrected chi connectivity index (χ4v) is 1.73. The number of alkyl halides is 1. The van der Waals surface area contributed by atoms with Gasteiger partial charge in [-0.05, 0) is 37.1 Å². The number of unbranched alkanes of at least 4 members (excludes halogenated alkanes) is 3. The zero-order valence-corrected chi connectivity index (χ0v) is 11.5. The van der Waals surface area contributed by atoms with E-state index in [1.54, 1.807) is 0 Å². The van der Waals surface area contributed by atoms with E-state index in [9.17, 15) is 0 Å². The monoisotopic (exact) mass is 271 g/mol. The molecule has 0 fully saturated rings. The Morgan fingerprint density at radius 1 is 0.889 bits per heavy atom. The van der Waals surface area contributed by atoms with Crippen LogP contribution in [-0.2, 0) is 4.74 Å². The molecule has 0 radical (unpaired) electrons. The standard InChI is InChI=1S/C14H22ClNO2/c15-9-3-1-2-4-10-17-11-12-18-14-7-5-13(16)6-8-14/h5-8H,1-4,9-12,16H2. The summed E-state index contributed by atoms with van der Waals surface area (Å²) in [5.41, 5.74) is 6.33. The number of hydrogen-bond acceptors (Lipinski definition) is 3. The average molecular weight is 272 g/mol. The van der Waals surface area contributed by atoms with Crippen LogP contribution in [0.15, 0.2) is 24.3 Å². The average Bonchev–Trinajstić information content (AvgIpc) is 2.39. The van der Waals surface area contributed by atoms with E-state index in [-0.39, 0.29) is 0 Å². The number of benzene rings is 1. The van der Waals surface area contributed by atoms with Gasteiger partial charge in [-0.25, -0.2) is 0 Å². The van der Waals surface area contributed by atoms with Crippen molar-refractivity contribution >= 4 is 17.3 Å². The largest absolute Gasteiger partial charge is 0.491 e. The Balaban J connectivity index is 1.91. The topological polar surface area (TPSA) is 44.5 Å². The number of nitrogen functional groups attached to an aromatic ring is 1. The minimum absolute atomic E-state index is 0.575. The van der Waals surface area contributed by atoms with Crippen molar-refractivity contribution in [3.05, 3.63) is 24.3 Å². The van der Waals surface area contributed by atoms with Gasteiger partial charge in [-0.15, -0.1) is 11.6 Å². The van der Waals surface area contributed by atoms with Crippen LogP contribution in [0.1, 0.15) is 25.7 Å². The van der Waals surface area contributed by atoms with Crippen LogP contribution in [0.3, 0.4) is 0 Å². The summed E-state index contributed by atoms with van der Waals surface area (Å²) >= 11 is 5.60. The second-order valence-electron chi connectivity index (χ2n) is 4.13. The lowest BCUT2D eigenvalue weighted by Gasteiger charge is -2.07. The number of halogens is 1. The molecule has 1 rings (SSSR count). The van der Waals surface area contributed by atoms with Gasteiger partial charge in [0.05, 0.1) is 6.61 Å². The predicted molar refractivity (Wildman–Crippen MR) is 76.4 cm³/mol. The Morgan fingerprint density at radius 2 is 1.61 bits per heavy atom. The third-order valence-corrected chi connectivity index (χ3v) is 2.82. The fourth-order valence-electron chi connectivity index (χ4n) is 1.54. The summed E-state index contributed by atoms with van der Waals surface area (Å²) in [6, 6.07) is 7.38. The van der Waals surface area contributed by atoms with Gasteiger partial charge in [0.25, 0.3) is 0 Å². The van der Waals surface area contributed by atoms with Gasteiger partial charge in [0.2, 0.25) is 0 Å². The highest BCUT2D eigenvalue weighted by Gasteiger charge is 1.94. The molecule has 0 aromatic heterocycles. The maximum Gasteiger partial charge on any atom is 0.119 e. The first kappa shape index (κ1) is 15.1. The van der Waals surface area contributed by atoms with E-state index in [0.29, 0.717) is 13.2 Å². The summed E-state index contributed by atoms with van der Waals surface area (Å²) in [6.07, 6.45) is 4.57. The van der Waals surface area contributed by atoms with E-state index in [1.165, 1.54) is 12.8 Å². The molecular weight excluding hydrogens is 250 g/mol. The molecule has 0 saturated heterocycles. The third kappa shape index (κ3) is 7.41. The Labute approximate surface area is 114 Å². The van der Waals surface area contributed by atoms with Gasteiger partial charge in [-0.3, -0.25) is 0 Å². The Hall–Kier alpha value is -0.930. The van der Waals surface area contributed by atoms with E-state index < -0.39 is 0 Å². The molecule has 18 heavy (non-hydrogen) atoms. The minimum Gasteiger partial charge on any atom is -0.491 e.